The first kappa shape index (κ1) is 17.5. The minimum atomic E-state index is -0.220. The number of benzene rings is 1. The van der Waals surface area contributed by atoms with Crippen molar-refractivity contribution < 1.29 is 9.53 Å². The van der Waals surface area contributed by atoms with Gasteiger partial charge in [-0.25, -0.2) is 0 Å². The van der Waals surface area contributed by atoms with Crippen molar-refractivity contribution >= 4 is 40.2 Å². The molecular formula is C16H19N3O2S2. The number of hydrogen-bond donors (Lipinski definition) is 1. The summed E-state index contributed by atoms with van der Waals surface area (Å²) in [4.78, 5) is 11.9. The fraction of sp³-hybridized carbons (Fsp3) is 0.312. The normalized spacial score (nSPS) is 10.9. The van der Waals surface area contributed by atoms with E-state index in [4.69, 9.17) is 4.74 Å². The number of nitrogens with one attached hydrogen (secondary N) is 1. The number of amides is 1. The molecule has 5 nitrogen and oxygen atoms in total. The number of rotatable bonds is 8. The quantitative estimate of drug-likeness (QED) is 0.336. The van der Waals surface area contributed by atoms with E-state index in [-0.39, 0.29) is 5.91 Å². The van der Waals surface area contributed by atoms with Crippen LogP contribution >= 0.6 is 23.1 Å². The van der Waals surface area contributed by atoms with Gasteiger partial charge in [-0.2, -0.15) is 0 Å². The lowest BCUT2D eigenvalue weighted by molar-refractivity contribution is -0.111. The summed E-state index contributed by atoms with van der Waals surface area (Å²) in [6.45, 7) is 2.15. The van der Waals surface area contributed by atoms with Gasteiger partial charge in [0, 0.05) is 11.8 Å². The van der Waals surface area contributed by atoms with Crippen LogP contribution in [-0.4, -0.2) is 29.0 Å². The first-order chi connectivity index (χ1) is 11.2. The summed E-state index contributed by atoms with van der Waals surface area (Å²) in [5.74, 6) is 1.59. The highest BCUT2D eigenvalue weighted by atomic mass is 32.2. The smallest absolute Gasteiger partial charge is 0.250 e. The highest BCUT2D eigenvalue weighted by Gasteiger charge is 2.06. The zero-order valence-corrected chi connectivity index (χ0v) is 14.7. The van der Waals surface area contributed by atoms with Crippen LogP contribution in [0, 0.1) is 0 Å². The Kier molecular flexibility index (Phi) is 7.09. The number of thioether (sulfide) groups is 1. The second-order valence-corrected chi connectivity index (χ2v) is 6.99. The molecule has 0 bridgehead atoms. The van der Waals surface area contributed by atoms with Crippen molar-refractivity contribution in [2.24, 2.45) is 0 Å². The number of methoxy groups -OCH3 is 1. The Morgan fingerprint density at radius 1 is 1.35 bits per heavy atom. The molecule has 0 aliphatic heterocycles. The van der Waals surface area contributed by atoms with Gasteiger partial charge in [0.15, 0.2) is 4.34 Å². The van der Waals surface area contributed by atoms with Gasteiger partial charge in [-0.3, -0.25) is 10.1 Å². The van der Waals surface area contributed by atoms with E-state index in [1.54, 1.807) is 24.9 Å². The Morgan fingerprint density at radius 3 is 2.83 bits per heavy atom. The molecule has 2 aromatic rings. The van der Waals surface area contributed by atoms with Crippen molar-refractivity contribution in [3.05, 3.63) is 35.9 Å². The van der Waals surface area contributed by atoms with Crippen molar-refractivity contribution in [3.63, 3.8) is 0 Å². The van der Waals surface area contributed by atoms with Crippen LogP contribution in [0.15, 0.2) is 34.7 Å². The lowest BCUT2D eigenvalue weighted by atomic mass is 10.2. The molecule has 0 saturated carbocycles. The third-order valence-corrected chi connectivity index (χ3v) is 4.96. The fourth-order valence-corrected chi connectivity index (χ4v) is 3.57. The standard InChI is InChI=1S/C16H19N3O2S2/c1-3-4-11-22-16-19-18-15(23-16)17-14(20)10-7-12-5-8-13(21-2)9-6-12/h5-10H,3-4,11H2,1-2H3,(H,17,18,20)/b10-7+. The number of hydrogen-bond acceptors (Lipinski definition) is 6. The van der Waals surface area contributed by atoms with Gasteiger partial charge < -0.3 is 4.74 Å². The molecule has 0 saturated heterocycles. The molecule has 0 spiro atoms. The Hall–Kier alpha value is -1.86. The molecular weight excluding hydrogens is 330 g/mol. The molecule has 1 N–H and O–H groups in total. The number of carbonyl (C=O) groups excluding carboxylic acids is 1. The minimum Gasteiger partial charge on any atom is -0.497 e. The number of unbranched alkanes of at least 4 members (excludes halogenated alkanes) is 1. The van der Waals surface area contributed by atoms with Crippen molar-refractivity contribution in [3.8, 4) is 5.75 Å². The highest BCUT2D eigenvalue weighted by Crippen LogP contribution is 2.26. The molecule has 0 atom stereocenters. The van der Waals surface area contributed by atoms with E-state index >= 15 is 0 Å². The second kappa shape index (κ2) is 9.32. The average molecular weight is 349 g/mol. The lowest BCUT2D eigenvalue weighted by Crippen LogP contribution is -2.07. The molecule has 0 fully saturated rings. The van der Waals surface area contributed by atoms with Gasteiger partial charge in [0.25, 0.3) is 0 Å². The van der Waals surface area contributed by atoms with Crippen molar-refractivity contribution in [2.75, 3.05) is 18.2 Å². The molecule has 0 radical (unpaired) electrons. The first-order valence-corrected chi connectivity index (χ1v) is 9.11. The monoisotopic (exact) mass is 349 g/mol. The molecule has 1 aromatic carbocycles. The van der Waals surface area contributed by atoms with Crippen LogP contribution < -0.4 is 10.1 Å². The number of nitrogens with zero attached hydrogens (tertiary/aromatic N) is 2. The molecule has 1 amide bonds. The summed E-state index contributed by atoms with van der Waals surface area (Å²) in [7, 11) is 1.62. The van der Waals surface area contributed by atoms with Crippen LogP contribution in [0.1, 0.15) is 25.3 Å². The summed E-state index contributed by atoms with van der Waals surface area (Å²) < 4.78 is 5.97. The molecule has 0 aliphatic carbocycles. The van der Waals surface area contributed by atoms with E-state index < -0.39 is 0 Å². The third kappa shape index (κ3) is 6.03. The maximum absolute atomic E-state index is 11.9. The minimum absolute atomic E-state index is 0.220. The SMILES string of the molecule is CCCCSc1nnc(NC(=O)/C=C/c2ccc(OC)cc2)s1. The van der Waals surface area contributed by atoms with E-state index in [2.05, 4.69) is 22.4 Å². The summed E-state index contributed by atoms with van der Waals surface area (Å²) in [5, 5.41) is 11.3. The van der Waals surface area contributed by atoms with Crippen LogP contribution in [0.4, 0.5) is 5.13 Å². The summed E-state index contributed by atoms with van der Waals surface area (Å²) >= 11 is 3.07. The first-order valence-electron chi connectivity index (χ1n) is 7.30. The number of aromatic nitrogens is 2. The maximum atomic E-state index is 11.9. The molecule has 2 rings (SSSR count). The van der Waals surface area contributed by atoms with Crippen LogP contribution in [0.3, 0.4) is 0 Å². The molecule has 1 aromatic heterocycles. The van der Waals surface area contributed by atoms with E-state index in [9.17, 15) is 4.79 Å². The number of carbonyl (C=O) groups is 1. The zero-order chi connectivity index (χ0) is 16.5. The van der Waals surface area contributed by atoms with Gasteiger partial charge in [-0.1, -0.05) is 48.6 Å². The fourth-order valence-electron chi connectivity index (χ4n) is 1.66. The largest absolute Gasteiger partial charge is 0.497 e. The Morgan fingerprint density at radius 2 is 2.13 bits per heavy atom. The van der Waals surface area contributed by atoms with Gasteiger partial charge in [0.05, 0.1) is 7.11 Å². The van der Waals surface area contributed by atoms with Crippen LogP contribution in [0.2, 0.25) is 0 Å². The van der Waals surface area contributed by atoms with Crippen molar-refractivity contribution in [2.45, 2.75) is 24.1 Å². The van der Waals surface area contributed by atoms with E-state index in [1.165, 1.54) is 17.4 Å². The van der Waals surface area contributed by atoms with Crippen molar-refractivity contribution in [1.29, 1.82) is 0 Å². The Bertz CT molecular complexity index is 654. The molecule has 0 aliphatic rings. The van der Waals surface area contributed by atoms with E-state index in [1.807, 2.05) is 24.3 Å². The summed E-state index contributed by atoms with van der Waals surface area (Å²) in [5.41, 5.74) is 0.925. The highest BCUT2D eigenvalue weighted by molar-refractivity contribution is 8.01. The Balaban J connectivity index is 1.85. The number of anilines is 1. The van der Waals surface area contributed by atoms with Crippen molar-refractivity contribution in [1.82, 2.24) is 10.2 Å². The van der Waals surface area contributed by atoms with Gasteiger partial charge in [-0.15, -0.1) is 10.2 Å². The lowest BCUT2D eigenvalue weighted by Gasteiger charge is -1.99. The predicted molar refractivity (Wildman–Crippen MR) is 96.2 cm³/mol. The summed E-state index contributed by atoms with van der Waals surface area (Å²) in [6, 6.07) is 7.47. The predicted octanol–water partition coefficient (Wildman–Crippen LogP) is 4.09. The average Bonchev–Trinajstić information content (AvgIpc) is 3.01. The van der Waals surface area contributed by atoms with Crippen LogP contribution in [0.5, 0.6) is 5.75 Å². The van der Waals surface area contributed by atoms with E-state index in [0.717, 1.165) is 34.2 Å². The zero-order valence-electron chi connectivity index (χ0n) is 13.1. The number of ether oxygens (including phenoxy) is 1. The van der Waals surface area contributed by atoms with Crippen LogP contribution in [-0.2, 0) is 4.79 Å². The topological polar surface area (TPSA) is 64.1 Å². The van der Waals surface area contributed by atoms with Crippen LogP contribution in [0.25, 0.3) is 6.08 Å². The molecule has 1 heterocycles. The summed E-state index contributed by atoms with van der Waals surface area (Å²) in [6.07, 6.45) is 5.53. The molecule has 7 heteroatoms. The molecule has 122 valence electrons. The maximum Gasteiger partial charge on any atom is 0.250 e. The van der Waals surface area contributed by atoms with E-state index in [0.29, 0.717) is 5.13 Å². The molecule has 0 unspecified atom stereocenters. The van der Waals surface area contributed by atoms with Gasteiger partial charge in [0.2, 0.25) is 11.0 Å². The molecule has 23 heavy (non-hydrogen) atoms. The van der Waals surface area contributed by atoms with Gasteiger partial charge >= 0.3 is 0 Å². The van der Waals surface area contributed by atoms with Gasteiger partial charge in [0.1, 0.15) is 5.75 Å². The second-order valence-electron chi connectivity index (χ2n) is 4.67. The van der Waals surface area contributed by atoms with Gasteiger partial charge in [-0.05, 0) is 30.2 Å². The Labute approximate surface area is 144 Å². The third-order valence-electron chi connectivity index (χ3n) is 2.90.